The lowest BCUT2D eigenvalue weighted by atomic mass is 9.88. The van der Waals surface area contributed by atoms with E-state index in [9.17, 15) is 4.79 Å². The molecular formula is C34H32Cl2N4OS. The first kappa shape index (κ1) is 29.9. The standard InChI is InChI=1S/C34H32Cl2N4OS/c35-30-19-18-28(24-31(30)36)40-32(23-25-11-4-1-5-12-25)38-39-34(40)42-22-10-17-33(41)37-21-20-29(26-13-6-2-7-14-26)27-15-8-3-9-16-27/h1-9,11-16,18-19,24,29H,10,17,20-23H2,(H,37,41). The monoisotopic (exact) mass is 614 g/mol. The molecule has 42 heavy (non-hydrogen) atoms. The van der Waals surface area contributed by atoms with E-state index in [1.165, 1.54) is 11.1 Å². The topological polar surface area (TPSA) is 59.8 Å². The Morgan fingerprint density at radius 3 is 2.10 bits per heavy atom. The molecule has 4 aromatic carbocycles. The Balaban J connectivity index is 1.16. The number of rotatable bonds is 13. The van der Waals surface area contributed by atoms with Crippen molar-refractivity contribution in [1.82, 2.24) is 20.1 Å². The van der Waals surface area contributed by atoms with E-state index in [-0.39, 0.29) is 11.8 Å². The van der Waals surface area contributed by atoms with Crippen LogP contribution in [0.1, 0.15) is 47.7 Å². The van der Waals surface area contributed by atoms with E-state index in [2.05, 4.69) is 76.2 Å². The molecule has 0 spiro atoms. The van der Waals surface area contributed by atoms with E-state index in [4.69, 9.17) is 23.2 Å². The first-order valence-corrected chi connectivity index (χ1v) is 15.8. The second-order valence-corrected chi connectivity index (χ2v) is 11.8. The van der Waals surface area contributed by atoms with Crippen LogP contribution in [0.4, 0.5) is 0 Å². The molecule has 214 valence electrons. The molecule has 5 aromatic rings. The average Bonchev–Trinajstić information content (AvgIpc) is 3.42. The Labute approximate surface area is 261 Å². The van der Waals surface area contributed by atoms with Gasteiger partial charge < -0.3 is 5.32 Å². The van der Waals surface area contributed by atoms with E-state index in [0.717, 1.165) is 40.8 Å². The third-order valence-electron chi connectivity index (χ3n) is 7.01. The molecule has 8 heteroatoms. The smallest absolute Gasteiger partial charge is 0.220 e. The molecule has 0 saturated carbocycles. The maximum absolute atomic E-state index is 12.7. The van der Waals surface area contributed by atoms with Gasteiger partial charge in [0.25, 0.3) is 0 Å². The number of thioether (sulfide) groups is 1. The summed E-state index contributed by atoms with van der Waals surface area (Å²) in [6.45, 7) is 0.620. The van der Waals surface area contributed by atoms with Crippen molar-refractivity contribution >= 4 is 40.9 Å². The molecule has 0 aliphatic rings. The van der Waals surface area contributed by atoms with Gasteiger partial charge in [-0.15, -0.1) is 10.2 Å². The van der Waals surface area contributed by atoms with Gasteiger partial charge in [0, 0.05) is 31.1 Å². The number of hydrogen-bond acceptors (Lipinski definition) is 4. The zero-order chi connectivity index (χ0) is 29.1. The predicted octanol–water partition coefficient (Wildman–Crippen LogP) is 8.38. The summed E-state index contributed by atoms with van der Waals surface area (Å²) in [4.78, 5) is 12.7. The van der Waals surface area contributed by atoms with Gasteiger partial charge in [-0.25, -0.2) is 0 Å². The molecule has 1 amide bonds. The number of carbonyl (C=O) groups is 1. The second kappa shape index (κ2) is 15.1. The lowest BCUT2D eigenvalue weighted by Crippen LogP contribution is -2.25. The van der Waals surface area contributed by atoms with Crippen molar-refractivity contribution in [2.24, 2.45) is 0 Å². The molecule has 0 aliphatic heterocycles. The van der Waals surface area contributed by atoms with Crippen LogP contribution in [0.3, 0.4) is 0 Å². The average molecular weight is 616 g/mol. The van der Waals surface area contributed by atoms with Crippen LogP contribution in [0.15, 0.2) is 114 Å². The summed E-state index contributed by atoms with van der Waals surface area (Å²) in [5, 5.41) is 13.8. The van der Waals surface area contributed by atoms with Gasteiger partial charge in [0.2, 0.25) is 5.91 Å². The van der Waals surface area contributed by atoms with Gasteiger partial charge >= 0.3 is 0 Å². The van der Waals surface area contributed by atoms with Gasteiger partial charge in [-0.2, -0.15) is 0 Å². The van der Waals surface area contributed by atoms with Crippen LogP contribution < -0.4 is 5.32 Å². The van der Waals surface area contributed by atoms with Crippen molar-refractivity contribution in [2.75, 3.05) is 12.3 Å². The highest BCUT2D eigenvalue weighted by atomic mass is 35.5. The van der Waals surface area contributed by atoms with Crippen LogP contribution in [0, 0.1) is 0 Å². The lowest BCUT2D eigenvalue weighted by Gasteiger charge is -2.18. The Hall–Kier alpha value is -3.58. The normalized spacial score (nSPS) is 11.1. The van der Waals surface area contributed by atoms with E-state index in [1.54, 1.807) is 17.8 Å². The zero-order valence-electron chi connectivity index (χ0n) is 23.1. The highest BCUT2D eigenvalue weighted by molar-refractivity contribution is 7.99. The fraction of sp³-hybridized carbons (Fsp3) is 0.206. The SMILES string of the molecule is O=C(CCCSc1nnc(Cc2ccccc2)n1-c1ccc(Cl)c(Cl)c1)NCCC(c1ccccc1)c1ccccc1. The maximum Gasteiger partial charge on any atom is 0.220 e. The minimum atomic E-state index is 0.0613. The van der Waals surface area contributed by atoms with E-state index >= 15 is 0 Å². The van der Waals surface area contributed by atoms with E-state index < -0.39 is 0 Å². The number of amides is 1. The number of carbonyl (C=O) groups excluding carboxylic acids is 1. The van der Waals surface area contributed by atoms with Crippen LogP contribution in [-0.2, 0) is 11.2 Å². The van der Waals surface area contributed by atoms with Gasteiger partial charge in [-0.1, -0.05) is 126 Å². The molecule has 0 radical (unpaired) electrons. The van der Waals surface area contributed by atoms with E-state index in [0.29, 0.717) is 29.4 Å². The van der Waals surface area contributed by atoms with Crippen LogP contribution >= 0.6 is 35.0 Å². The van der Waals surface area contributed by atoms with Crippen LogP contribution in [0.2, 0.25) is 10.0 Å². The van der Waals surface area contributed by atoms with Crippen LogP contribution in [0.25, 0.3) is 5.69 Å². The zero-order valence-corrected chi connectivity index (χ0v) is 25.5. The number of benzene rings is 4. The van der Waals surface area contributed by atoms with Gasteiger partial charge in [0.15, 0.2) is 5.16 Å². The summed E-state index contributed by atoms with van der Waals surface area (Å²) < 4.78 is 2.02. The van der Waals surface area contributed by atoms with Crippen LogP contribution in [-0.4, -0.2) is 33.0 Å². The Bertz CT molecular complexity index is 1540. The Morgan fingerprint density at radius 1 is 0.810 bits per heavy atom. The molecule has 0 fully saturated rings. The van der Waals surface area contributed by atoms with Gasteiger partial charge in [-0.3, -0.25) is 9.36 Å². The maximum atomic E-state index is 12.7. The minimum absolute atomic E-state index is 0.0613. The molecule has 0 unspecified atom stereocenters. The fourth-order valence-corrected chi connectivity index (χ4v) is 6.11. The molecule has 1 aromatic heterocycles. The minimum Gasteiger partial charge on any atom is -0.356 e. The molecule has 5 nitrogen and oxygen atoms in total. The Kier molecular flexibility index (Phi) is 10.7. The van der Waals surface area contributed by atoms with Crippen molar-refractivity contribution in [3.63, 3.8) is 0 Å². The largest absolute Gasteiger partial charge is 0.356 e. The highest BCUT2D eigenvalue weighted by Gasteiger charge is 2.17. The summed E-state index contributed by atoms with van der Waals surface area (Å²) in [6, 6.07) is 36.6. The van der Waals surface area contributed by atoms with Crippen molar-refractivity contribution in [2.45, 2.75) is 36.8 Å². The molecule has 1 N–H and O–H groups in total. The summed E-state index contributed by atoms with van der Waals surface area (Å²) in [6.07, 6.45) is 2.64. The van der Waals surface area contributed by atoms with Crippen molar-refractivity contribution in [3.8, 4) is 5.69 Å². The van der Waals surface area contributed by atoms with Gasteiger partial charge in [-0.05, 0) is 47.7 Å². The quantitative estimate of drug-likeness (QED) is 0.107. The number of hydrogen-bond donors (Lipinski definition) is 1. The molecule has 0 saturated heterocycles. The first-order valence-electron chi connectivity index (χ1n) is 14.0. The summed E-state index contributed by atoms with van der Waals surface area (Å²) in [5.41, 5.74) is 4.51. The third-order valence-corrected chi connectivity index (χ3v) is 8.76. The lowest BCUT2D eigenvalue weighted by molar-refractivity contribution is -0.121. The number of aromatic nitrogens is 3. The number of nitrogens with zero attached hydrogens (tertiary/aromatic N) is 3. The predicted molar refractivity (Wildman–Crippen MR) is 173 cm³/mol. The molecular weight excluding hydrogens is 583 g/mol. The third kappa shape index (κ3) is 8.03. The second-order valence-electron chi connectivity index (χ2n) is 9.96. The van der Waals surface area contributed by atoms with E-state index in [1.807, 2.05) is 47.0 Å². The first-order chi connectivity index (χ1) is 20.6. The highest BCUT2D eigenvalue weighted by Crippen LogP contribution is 2.30. The summed E-state index contributed by atoms with van der Waals surface area (Å²) in [5.74, 6) is 1.84. The van der Waals surface area contributed by atoms with Crippen molar-refractivity contribution in [1.29, 1.82) is 0 Å². The summed E-state index contributed by atoms with van der Waals surface area (Å²) in [7, 11) is 0. The number of nitrogens with one attached hydrogen (secondary N) is 1. The van der Waals surface area contributed by atoms with Crippen molar-refractivity contribution in [3.05, 3.63) is 142 Å². The molecule has 1 heterocycles. The summed E-state index contributed by atoms with van der Waals surface area (Å²) >= 11 is 14.1. The Morgan fingerprint density at radius 2 is 1.45 bits per heavy atom. The molecule has 0 atom stereocenters. The van der Waals surface area contributed by atoms with Crippen molar-refractivity contribution < 1.29 is 4.79 Å². The molecule has 0 aliphatic carbocycles. The van der Waals surface area contributed by atoms with Gasteiger partial charge in [0.1, 0.15) is 5.82 Å². The fourth-order valence-electron chi connectivity index (χ4n) is 4.91. The van der Waals surface area contributed by atoms with Crippen LogP contribution in [0.5, 0.6) is 0 Å². The number of halogens is 2. The molecule has 0 bridgehead atoms. The van der Waals surface area contributed by atoms with Gasteiger partial charge in [0.05, 0.1) is 15.7 Å². The molecule has 5 rings (SSSR count).